The third-order valence-electron chi connectivity index (χ3n) is 4.62. The molecule has 1 aromatic heterocycles. The number of pyridine rings is 1. The van der Waals surface area contributed by atoms with E-state index in [1.54, 1.807) is 37.3 Å². The molecule has 1 heterocycles. The normalized spacial score (nSPS) is 11.1. The molecule has 166 valence electrons. The van der Waals surface area contributed by atoms with E-state index >= 15 is 0 Å². The third kappa shape index (κ3) is 5.68. The molecule has 3 rings (SSSR count). The van der Waals surface area contributed by atoms with Crippen molar-refractivity contribution in [3.8, 4) is 17.7 Å². The molecule has 0 aliphatic heterocycles. The summed E-state index contributed by atoms with van der Waals surface area (Å²) in [6.07, 6.45) is 1.51. The number of aryl methyl sites for hydroxylation is 1. The average Bonchev–Trinajstić information content (AvgIpc) is 2.81. The number of benzene rings is 2. The second kappa shape index (κ2) is 10.0. The Morgan fingerprint density at radius 2 is 1.97 bits per heavy atom. The Labute approximate surface area is 189 Å². The van der Waals surface area contributed by atoms with Crippen molar-refractivity contribution in [3.63, 3.8) is 0 Å². The molecule has 0 aliphatic rings. The topological polar surface area (TPSA) is 147 Å². The molecule has 1 unspecified atom stereocenters. The standard InChI is InChI=1S/C23H19N5O5/c1-14-11-19(33-23-17(13-24)6-4-10-25-23)8-9-20(14)27-21(29)15(2)26-22(30)16-5-3-7-18(12-16)28(31)32/h3-12,15H,1-2H3,(H,26,30)(H,27,29). The first kappa shape index (κ1) is 22.9. The van der Waals surface area contributed by atoms with Crippen LogP contribution in [-0.4, -0.2) is 27.8 Å². The van der Waals surface area contributed by atoms with E-state index in [4.69, 9.17) is 10.00 Å². The summed E-state index contributed by atoms with van der Waals surface area (Å²) >= 11 is 0. The average molecular weight is 445 g/mol. The number of rotatable bonds is 7. The van der Waals surface area contributed by atoms with Gasteiger partial charge in [-0.15, -0.1) is 0 Å². The van der Waals surface area contributed by atoms with Crippen LogP contribution in [0.25, 0.3) is 0 Å². The molecule has 0 spiro atoms. The van der Waals surface area contributed by atoms with Crippen LogP contribution in [0.2, 0.25) is 0 Å². The van der Waals surface area contributed by atoms with Gasteiger partial charge in [-0.3, -0.25) is 19.7 Å². The molecule has 10 nitrogen and oxygen atoms in total. The summed E-state index contributed by atoms with van der Waals surface area (Å²) in [5.74, 6) is -0.464. The van der Waals surface area contributed by atoms with Gasteiger partial charge in [0.25, 0.3) is 11.6 Å². The SMILES string of the molecule is Cc1cc(Oc2ncccc2C#N)ccc1NC(=O)C(C)NC(=O)c1cccc([N+](=O)[O-])c1. The number of carbonyl (C=O) groups excluding carboxylic acids is 2. The highest BCUT2D eigenvalue weighted by Crippen LogP contribution is 2.26. The third-order valence-corrected chi connectivity index (χ3v) is 4.62. The van der Waals surface area contributed by atoms with Gasteiger partial charge in [-0.1, -0.05) is 6.07 Å². The number of amides is 2. The molecule has 0 radical (unpaired) electrons. The van der Waals surface area contributed by atoms with E-state index < -0.39 is 22.8 Å². The summed E-state index contributed by atoms with van der Waals surface area (Å²) in [6.45, 7) is 3.26. The van der Waals surface area contributed by atoms with Crippen LogP contribution >= 0.6 is 0 Å². The van der Waals surface area contributed by atoms with Crippen molar-refractivity contribution >= 4 is 23.2 Å². The van der Waals surface area contributed by atoms with E-state index in [1.165, 1.54) is 31.3 Å². The molecule has 2 amide bonds. The predicted molar refractivity (Wildman–Crippen MR) is 119 cm³/mol. The van der Waals surface area contributed by atoms with Crippen molar-refractivity contribution in [1.82, 2.24) is 10.3 Å². The number of non-ortho nitro benzene ring substituents is 1. The molecule has 10 heteroatoms. The minimum Gasteiger partial charge on any atom is -0.438 e. The van der Waals surface area contributed by atoms with Gasteiger partial charge in [0.1, 0.15) is 23.4 Å². The van der Waals surface area contributed by atoms with E-state index in [9.17, 15) is 19.7 Å². The molecule has 3 aromatic rings. The zero-order valence-corrected chi connectivity index (χ0v) is 17.7. The quantitative estimate of drug-likeness (QED) is 0.416. The monoisotopic (exact) mass is 445 g/mol. The maximum absolute atomic E-state index is 12.6. The maximum Gasteiger partial charge on any atom is 0.270 e. The molecule has 0 saturated carbocycles. The van der Waals surface area contributed by atoms with Crippen molar-refractivity contribution in [2.24, 2.45) is 0 Å². The maximum atomic E-state index is 12.6. The van der Waals surface area contributed by atoms with E-state index in [-0.39, 0.29) is 17.1 Å². The molecular formula is C23H19N5O5. The fraction of sp³-hybridized carbons (Fsp3) is 0.130. The summed E-state index contributed by atoms with van der Waals surface area (Å²) in [4.78, 5) is 39.2. The number of hydrogen-bond donors (Lipinski definition) is 2. The van der Waals surface area contributed by atoms with Crippen molar-refractivity contribution in [2.75, 3.05) is 5.32 Å². The van der Waals surface area contributed by atoms with Crippen LogP contribution in [0.3, 0.4) is 0 Å². The first-order valence-corrected chi connectivity index (χ1v) is 9.78. The van der Waals surface area contributed by atoms with E-state index in [0.29, 0.717) is 22.6 Å². The Kier molecular flexibility index (Phi) is 6.95. The smallest absolute Gasteiger partial charge is 0.270 e. The number of aromatic nitrogens is 1. The van der Waals surface area contributed by atoms with Crippen LogP contribution in [0.5, 0.6) is 11.6 Å². The van der Waals surface area contributed by atoms with E-state index in [2.05, 4.69) is 15.6 Å². The Morgan fingerprint density at radius 1 is 1.18 bits per heavy atom. The number of nitriles is 1. The van der Waals surface area contributed by atoms with Gasteiger partial charge in [0.15, 0.2) is 0 Å². The molecular weight excluding hydrogens is 426 g/mol. The number of nitro groups is 1. The fourth-order valence-corrected chi connectivity index (χ4v) is 2.86. The minimum absolute atomic E-state index is 0.0767. The van der Waals surface area contributed by atoms with Crippen molar-refractivity contribution in [1.29, 1.82) is 5.26 Å². The summed E-state index contributed by atoms with van der Waals surface area (Å²) in [7, 11) is 0. The Morgan fingerprint density at radius 3 is 2.67 bits per heavy atom. The first-order valence-electron chi connectivity index (χ1n) is 9.78. The zero-order chi connectivity index (χ0) is 24.0. The lowest BCUT2D eigenvalue weighted by Crippen LogP contribution is -2.41. The summed E-state index contributed by atoms with van der Waals surface area (Å²) in [5.41, 5.74) is 1.34. The highest BCUT2D eigenvalue weighted by Gasteiger charge is 2.19. The van der Waals surface area contributed by atoms with Gasteiger partial charge in [0.05, 0.1) is 4.92 Å². The van der Waals surface area contributed by atoms with E-state index in [0.717, 1.165) is 6.07 Å². The summed E-state index contributed by atoms with van der Waals surface area (Å²) in [5, 5.41) is 25.3. The van der Waals surface area contributed by atoms with Gasteiger partial charge in [0.2, 0.25) is 11.8 Å². The number of ether oxygens (including phenoxy) is 1. The molecule has 0 bridgehead atoms. The van der Waals surface area contributed by atoms with Crippen LogP contribution in [0, 0.1) is 28.4 Å². The first-order chi connectivity index (χ1) is 15.8. The number of carbonyl (C=O) groups is 2. The molecule has 33 heavy (non-hydrogen) atoms. The van der Waals surface area contributed by atoms with Gasteiger partial charge in [-0.05, 0) is 55.8 Å². The molecule has 2 aromatic carbocycles. The van der Waals surface area contributed by atoms with Crippen LogP contribution < -0.4 is 15.4 Å². The van der Waals surface area contributed by atoms with Crippen molar-refractivity contribution < 1.29 is 19.2 Å². The Balaban J connectivity index is 1.65. The lowest BCUT2D eigenvalue weighted by atomic mass is 10.1. The molecule has 2 N–H and O–H groups in total. The largest absolute Gasteiger partial charge is 0.438 e. The van der Waals surface area contributed by atoms with Gasteiger partial charge < -0.3 is 15.4 Å². The van der Waals surface area contributed by atoms with Crippen LogP contribution in [0.4, 0.5) is 11.4 Å². The second-order valence-corrected chi connectivity index (χ2v) is 7.04. The summed E-state index contributed by atoms with van der Waals surface area (Å²) < 4.78 is 5.67. The minimum atomic E-state index is -0.904. The molecule has 0 aliphatic carbocycles. The Bertz CT molecular complexity index is 1270. The van der Waals surface area contributed by atoms with Gasteiger partial charge in [-0.25, -0.2) is 4.98 Å². The van der Waals surface area contributed by atoms with Crippen LogP contribution in [0.15, 0.2) is 60.8 Å². The van der Waals surface area contributed by atoms with E-state index in [1.807, 2.05) is 6.07 Å². The zero-order valence-electron chi connectivity index (χ0n) is 17.7. The number of hydrogen-bond acceptors (Lipinski definition) is 7. The second-order valence-electron chi connectivity index (χ2n) is 7.04. The number of nitrogens with one attached hydrogen (secondary N) is 2. The Hall–Kier alpha value is -4.78. The van der Waals surface area contributed by atoms with Crippen LogP contribution in [0.1, 0.15) is 28.4 Å². The predicted octanol–water partition coefficient (Wildman–Crippen LogP) is 3.72. The van der Waals surface area contributed by atoms with Crippen molar-refractivity contribution in [2.45, 2.75) is 19.9 Å². The van der Waals surface area contributed by atoms with Crippen molar-refractivity contribution in [3.05, 3.63) is 87.6 Å². The lowest BCUT2D eigenvalue weighted by molar-refractivity contribution is -0.384. The fourth-order valence-electron chi connectivity index (χ4n) is 2.86. The number of nitro benzene ring substituents is 1. The molecule has 1 atom stereocenters. The highest BCUT2D eigenvalue weighted by molar-refractivity contribution is 6.01. The summed E-state index contributed by atoms with van der Waals surface area (Å²) in [6, 6.07) is 14.5. The number of anilines is 1. The van der Waals surface area contributed by atoms with Gasteiger partial charge in [-0.2, -0.15) is 5.26 Å². The van der Waals surface area contributed by atoms with Gasteiger partial charge in [0, 0.05) is 29.6 Å². The molecule has 0 saturated heterocycles. The highest BCUT2D eigenvalue weighted by atomic mass is 16.6. The lowest BCUT2D eigenvalue weighted by Gasteiger charge is -2.16. The number of nitrogens with zero attached hydrogens (tertiary/aromatic N) is 3. The van der Waals surface area contributed by atoms with Crippen LogP contribution in [-0.2, 0) is 4.79 Å². The molecule has 0 fully saturated rings. The van der Waals surface area contributed by atoms with Gasteiger partial charge >= 0.3 is 0 Å².